The van der Waals surface area contributed by atoms with Crippen molar-refractivity contribution in [1.29, 1.82) is 0 Å². The Labute approximate surface area is 174 Å². The minimum atomic E-state index is -1.20. The third kappa shape index (κ3) is 7.01. The maximum absolute atomic E-state index is 12.3. The minimum Gasteiger partial charge on any atom is -0.490 e. The zero-order valence-electron chi connectivity index (χ0n) is 16.8. The number of ether oxygens (including phenoxy) is 4. The van der Waals surface area contributed by atoms with Crippen LogP contribution in [0.3, 0.4) is 0 Å². The highest BCUT2D eigenvalue weighted by molar-refractivity contribution is 5.98. The fraction of sp³-hybridized carbons (Fsp3) is 0.286. The topological polar surface area (TPSA) is 126 Å². The van der Waals surface area contributed by atoms with E-state index < -0.39 is 24.0 Å². The number of imide groups is 1. The van der Waals surface area contributed by atoms with Crippen LogP contribution in [0.1, 0.15) is 24.2 Å². The van der Waals surface area contributed by atoms with Crippen LogP contribution in [0.4, 0.5) is 4.79 Å². The van der Waals surface area contributed by atoms with Gasteiger partial charge in [0.2, 0.25) is 0 Å². The molecule has 0 saturated heterocycles. The Morgan fingerprint density at radius 2 is 1.67 bits per heavy atom. The van der Waals surface area contributed by atoms with Crippen molar-refractivity contribution in [3.63, 3.8) is 0 Å². The van der Waals surface area contributed by atoms with Gasteiger partial charge in [0.05, 0.1) is 12.2 Å². The summed E-state index contributed by atoms with van der Waals surface area (Å²) >= 11 is 0. The SMILES string of the molecule is CCOc1cc(C(=O)OC(C)C(=O)NC(N)=O)ccc1OCCOc1ccccc1. The molecule has 0 fully saturated rings. The first kappa shape index (κ1) is 22.5. The number of esters is 1. The number of para-hydroxylation sites is 1. The van der Waals surface area contributed by atoms with Gasteiger partial charge in [0, 0.05) is 0 Å². The van der Waals surface area contributed by atoms with Gasteiger partial charge < -0.3 is 24.7 Å². The third-order valence-electron chi connectivity index (χ3n) is 3.73. The van der Waals surface area contributed by atoms with Crippen LogP contribution in [0.2, 0.25) is 0 Å². The van der Waals surface area contributed by atoms with E-state index >= 15 is 0 Å². The lowest BCUT2D eigenvalue weighted by atomic mass is 10.2. The summed E-state index contributed by atoms with van der Waals surface area (Å²) in [5, 5.41) is 1.85. The summed E-state index contributed by atoms with van der Waals surface area (Å²) in [6.45, 7) is 4.06. The molecule has 9 heteroatoms. The third-order valence-corrected chi connectivity index (χ3v) is 3.73. The number of nitrogens with one attached hydrogen (secondary N) is 1. The monoisotopic (exact) mass is 416 g/mol. The van der Waals surface area contributed by atoms with Gasteiger partial charge in [-0.3, -0.25) is 10.1 Å². The van der Waals surface area contributed by atoms with Gasteiger partial charge in [0.15, 0.2) is 17.6 Å². The number of rotatable bonds is 10. The van der Waals surface area contributed by atoms with Crippen LogP contribution in [0.5, 0.6) is 17.2 Å². The predicted molar refractivity (Wildman–Crippen MR) is 108 cm³/mol. The molecule has 0 spiro atoms. The molecule has 3 N–H and O–H groups in total. The maximum atomic E-state index is 12.3. The number of carbonyl (C=O) groups excluding carboxylic acids is 3. The minimum absolute atomic E-state index is 0.157. The number of carbonyl (C=O) groups is 3. The van der Waals surface area contributed by atoms with E-state index in [4.69, 9.17) is 24.7 Å². The molecular weight excluding hydrogens is 392 g/mol. The quantitative estimate of drug-likeness (QED) is 0.449. The van der Waals surface area contributed by atoms with Crippen LogP contribution in [-0.4, -0.2) is 43.8 Å². The molecule has 0 aliphatic heterocycles. The molecule has 1 atom stereocenters. The van der Waals surface area contributed by atoms with Gasteiger partial charge in [-0.15, -0.1) is 0 Å². The molecule has 2 rings (SSSR count). The first-order valence-corrected chi connectivity index (χ1v) is 9.29. The zero-order valence-corrected chi connectivity index (χ0v) is 16.8. The van der Waals surface area contributed by atoms with Gasteiger partial charge in [0.1, 0.15) is 19.0 Å². The van der Waals surface area contributed by atoms with Crippen molar-refractivity contribution in [2.45, 2.75) is 20.0 Å². The average molecular weight is 416 g/mol. The first-order chi connectivity index (χ1) is 14.4. The van der Waals surface area contributed by atoms with E-state index in [1.807, 2.05) is 35.6 Å². The Bertz CT molecular complexity index is 871. The number of nitrogens with two attached hydrogens (primary N) is 1. The second kappa shape index (κ2) is 11.3. The molecule has 3 amide bonds. The highest BCUT2D eigenvalue weighted by Gasteiger charge is 2.21. The van der Waals surface area contributed by atoms with E-state index in [1.165, 1.54) is 19.1 Å². The van der Waals surface area contributed by atoms with Crippen molar-refractivity contribution in [3.8, 4) is 17.2 Å². The fourth-order valence-electron chi connectivity index (χ4n) is 2.36. The van der Waals surface area contributed by atoms with E-state index in [-0.39, 0.29) is 12.2 Å². The average Bonchev–Trinajstić information content (AvgIpc) is 2.72. The van der Waals surface area contributed by atoms with Gasteiger partial charge in [-0.25, -0.2) is 9.59 Å². The standard InChI is InChI=1S/C21H24N2O7/c1-3-27-18-13-15(20(25)30-14(2)19(24)23-21(22)26)9-10-17(18)29-12-11-28-16-7-5-4-6-8-16/h4-10,13-14H,3,11-12H2,1-2H3,(H3,22,23,24,26). The summed E-state index contributed by atoms with van der Waals surface area (Å²) in [6, 6.07) is 12.8. The lowest BCUT2D eigenvalue weighted by Gasteiger charge is -2.15. The lowest BCUT2D eigenvalue weighted by molar-refractivity contribution is -0.127. The van der Waals surface area contributed by atoms with E-state index in [9.17, 15) is 14.4 Å². The molecule has 0 aliphatic carbocycles. The number of benzene rings is 2. The van der Waals surface area contributed by atoms with Crippen molar-refractivity contribution in [2.75, 3.05) is 19.8 Å². The van der Waals surface area contributed by atoms with Crippen LogP contribution >= 0.6 is 0 Å². The smallest absolute Gasteiger partial charge is 0.339 e. The number of primary amides is 1. The number of urea groups is 1. The molecule has 2 aromatic rings. The molecule has 30 heavy (non-hydrogen) atoms. The van der Waals surface area contributed by atoms with Gasteiger partial charge in [-0.05, 0) is 44.2 Å². The number of hydrogen-bond donors (Lipinski definition) is 2. The van der Waals surface area contributed by atoms with Crippen molar-refractivity contribution >= 4 is 17.9 Å². The highest BCUT2D eigenvalue weighted by atomic mass is 16.6. The van der Waals surface area contributed by atoms with Gasteiger partial charge >= 0.3 is 12.0 Å². The molecule has 0 saturated carbocycles. The normalized spacial score (nSPS) is 11.1. The summed E-state index contributed by atoms with van der Waals surface area (Å²) in [7, 11) is 0. The second-order valence-electron chi connectivity index (χ2n) is 6.01. The van der Waals surface area contributed by atoms with Crippen LogP contribution in [0.25, 0.3) is 0 Å². The maximum Gasteiger partial charge on any atom is 0.339 e. The number of hydrogen-bond acceptors (Lipinski definition) is 7. The van der Waals surface area contributed by atoms with Crippen molar-refractivity contribution in [3.05, 3.63) is 54.1 Å². The molecule has 0 bridgehead atoms. The van der Waals surface area contributed by atoms with Gasteiger partial charge in [-0.1, -0.05) is 18.2 Å². The second-order valence-corrected chi connectivity index (χ2v) is 6.01. The van der Waals surface area contributed by atoms with Crippen LogP contribution in [0, 0.1) is 0 Å². The Kier molecular flexibility index (Phi) is 8.49. The molecule has 0 aromatic heterocycles. The molecule has 2 aromatic carbocycles. The molecule has 1 unspecified atom stereocenters. The van der Waals surface area contributed by atoms with Gasteiger partial charge in [0.25, 0.3) is 5.91 Å². The fourth-order valence-corrected chi connectivity index (χ4v) is 2.36. The van der Waals surface area contributed by atoms with Gasteiger partial charge in [-0.2, -0.15) is 0 Å². The first-order valence-electron chi connectivity index (χ1n) is 9.29. The lowest BCUT2D eigenvalue weighted by Crippen LogP contribution is -2.42. The Hall–Kier alpha value is -3.75. The molecule has 0 heterocycles. The van der Waals surface area contributed by atoms with Crippen LogP contribution in [-0.2, 0) is 9.53 Å². The summed E-state index contributed by atoms with van der Waals surface area (Å²) in [4.78, 5) is 34.7. The van der Waals surface area contributed by atoms with E-state index in [0.29, 0.717) is 24.7 Å². The van der Waals surface area contributed by atoms with E-state index in [1.54, 1.807) is 13.0 Å². The van der Waals surface area contributed by atoms with Crippen LogP contribution < -0.4 is 25.3 Å². The summed E-state index contributed by atoms with van der Waals surface area (Å²) in [6.07, 6.45) is -1.20. The summed E-state index contributed by atoms with van der Waals surface area (Å²) in [5.74, 6) is -0.0644. The molecule has 160 valence electrons. The molecule has 9 nitrogen and oxygen atoms in total. The Balaban J connectivity index is 1.96. The number of amides is 3. The van der Waals surface area contributed by atoms with Crippen molar-refractivity contribution < 1.29 is 33.3 Å². The zero-order chi connectivity index (χ0) is 21.9. The molecule has 0 aliphatic rings. The van der Waals surface area contributed by atoms with Crippen molar-refractivity contribution in [1.82, 2.24) is 5.32 Å². The summed E-state index contributed by atoms with van der Waals surface area (Å²) < 4.78 is 21.8. The van der Waals surface area contributed by atoms with Crippen LogP contribution in [0.15, 0.2) is 48.5 Å². The molecular formula is C21H24N2O7. The van der Waals surface area contributed by atoms with E-state index in [0.717, 1.165) is 5.75 Å². The van der Waals surface area contributed by atoms with E-state index in [2.05, 4.69) is 0 Å². The predicted octanol–water partition coefficient (Wildman–Crippen LogP) is 2.28. The Morgan fingerprint density at radius 1 is 0.967 bits per heavy atom. The highest BCUT2D eigenvalue weighted by Crippen LogP contribution is 2.29. The van der Waals surface area contributed by atoms with Crippen molar-refractivity contribution in [2.24, 2.45) is 5.73 Å². The molecule has 0 radical (unpaired) electrons. The summed E-state index contributed by atoms with van der Waals surface area (Å²) in [5.41, 5.74) is 5.03. The largest absolute Gasteiger partial charge is 0.490 e. The Morgan fingerprint density at radius 3 is 2.33 bits per heavy atom.